The highest BCUT2D eigenvalue weighted by Crippen LogP contribution is 2.28. The average Bonchev–Trinajstić information content (AvgIpc) is 0.869. The lowest BCUT2D eigenvalue weighted by Crippen LogP contribution is -2.34. The predicted octanol–water partition coefficient (Wildman–Crippen LogP) is 18.3. The molecule has 0 saturated carbocycles. The largest absolute Gasteiger partial charge is 0.215 e. The van der Waals surface area contributed by atoms with Crippen molar-refractivity contribution in [2.45, 2.75) is 118 Å². The number of hydrogen-bond donors (Lipinski definition) is 0. The lowest BCUT2D eigenvalue weighted by molar-refractivity contribution is -0.666. The second-order valence-corrected chi connectivity index (χ2v) is 26.2. The van der Waals surface area contributed by atoms with Gasteiger partial charge in [-0.1, -0.05) is 108 Å². The SMILES string of the molecule is Cc1cc(-c2ccccc2C)[n+](C)cc1C.Cc1cc(C)[n+](C)c(-c2ccccc2C)c1.Cc1ccc(-c2ccc(C)c[n+]2C)c(C)c1.Cc1ccc(-c2cccc(C)[n+]2C)c(C)c1.Cc1ccc(-c2cccc[n+]2C)c(C)c1.Cc1ccccc1-c1c(C)c(C)cc[n+]1C. The first-order valence-electron chi connectivity index (χ1n) is 33.3. The Morgan fingerprint density at radius 3 is 1.15 bits per heavy atom. The van der Waals surface area contributed by atoms with Crippen LogP contribution in [0, 0.1) is 118 Å². The van der Waals surface area contributed by atoms with E-state index in [1.165, 1.54) is 162 Å². The molecule has 0 N–H and O–H groups in total. The van der Waals surface area contributed by atoms with Crippen molar-refractivity contribution in [3.8, 4) is 67.5 Å². The van der Waals surface area contributed by atoms with Crippen LogP contribution in [0.15, 0.2) is 225 Å². The number of benzene rings is 6. The fourth-order valence-corrected chi connectivity index (χ4v) is 12.3. The van der Waals surface area contributed by atoms with Gasteiger partial charge in [0.05, 0.1) is 0 Å². The number of rotatable bonds is 6. The van der Waals surface area contributed by atoms with Crippen LogP contribution < -0.4 is 27.4 Å². The van der Waals surface area contributed by atoms with E-state index in [9.17, 15) is 0 Å². The molecule has 0 spiro atoms. The normalized spacial score (nSPS) is 10.5. The summed E-state index contributed by atoms with van der Waals surface area (Å²) in [6, 6.07) is 71.3. The molecule has 0 radical (unpaired) electrons. The Morgan fingerprint density at radius 2 is 0.642 bits per heavy atom. The van der Waals surface area contributed by atoms with Gasteiger partial charge in [-0.3, -0.25) is 0 Å². The van der Waals surface area contributed by atoms with Crippen molar-refractivity contribution in [2.75, 3.05) is 0 Å². The van der Waals surface area contributed by atoms with E-state index in [2.05, 4.69) is 406 Å². The van der Waals surface area contributed by atoms with Gasteiger partial charge in [0.15, 0.2) is 36.2 Å². The van der Waals surface area contributed by atoms with E-state index in [0.29, 0.717) is 0 Å². The molecule has 0 aliphatic carbocycles. The van der Waals surface area contributed by atoms with E-state index >= 15 is 0 Å². The Hall–Kier alpha value is -9.78. The highest BCUT2D eigenvalue weighted by Gasteiger charge is 2.20. The summed E-state index contributed by atoms with van der Waals surface area (Å²) in [7, 11) is 12.6. The summed E-state index contributed by atoms with van der Waals surface area (Å²) in [5, 5.41) is 0. The average molecular weight is 1260 g/mol. The van der Waals surface area contributed by atoms with Crippen LogP contribution in [-0.2, 0) is 42.3 Å². The Balaban J connectivity index is 0.000000161. The monoisotopic (exact) mass is 1260 g/mol. The molecule has 0 atom stereocenters. The minimum Gasteiger partial charge on any atom is -0.201 e. The topological polar surface area (TPSA) is 23.3 Å². The van der Waals surface area contributed by atoms with Gasteiger partial charge in [-0.25, -0.2) is 18.3 Å². The van der Waals surface area contributed by atoms with Gasteiger partial charge in [0.1, 0.15) is 42.3 Å². The van der Waals surface area contributed by atoms with Gasteiger partial charge in [0.2, 0.25) is 34.2 Å². The molecule has 6 nitrogen and oxygen atoms in total. The lowest BCUT2D eigenvalue weighted by atomic mass is 9.99. The van der Waals surface area contributed by atoms with Crippen molar-refractivity contribution in [3.05, 3.63) is 320 Å². The van der Waals surface area contributed by atoms with Gasteiger partial charge in [-0.15, -0.1) is 0 Å². The molecule has 0 amide bonds. The molecule has 0 aliphatic heterocycles. The third-order valence-electron chi connectivity index (χ3n) is 18.3. The molecule has 0 aliphatic rings. The van der Waals surface area contributed by atoms with Crippen LogP contribution in [0.2, 0.25) is 0 Å². The van der Waals surface area contributed by atoms with E-state index in [0.717, 1.165) is 0 Å². The lowest BCUT2D eigenvalue weighted by Gasteiger charge is -2.08. The highest BCUT2D eigenvalue weighted by atomic mass is 15.0. The van der Waals surface area contributed by atoms with Gasteiger partial charge in [-0.05, 0) is 209 Å². The first kappa shape index (κ1) is 72.6. The maximum absolute atomic E-state index is 2.26. The van der Waals surface area contributed by atoms with Gasteiger partial charge in [0.25, 0.3) is 0 Å². The van der Waals surface area contributed by atoms with E-state index < -0.39 is 0 Å². The van der Waals surface area contributed by atoms with E-state index in [4.69, 9.17) is 0 Å². The molecule has 12 rings (SSSR count). The maximum atomic E-state index is 2.26. The summed E-state index contributed by atoms with van der Waals surface area (Å²) in [6.45, 7) is 36.6. The van der Waals surface area contributed by atoms with Crippen LogP contribution in [-0.4, -0.2) is 0 Å². The van der Waals surface area contributed by atoms with Crippen LogP contribution in [0.25, 0.3) is 67.5 Å². The maximum Gasteiger partial charge on any atom is 0.215 e. The molecule has 6 heterocycles. The number of hydrogen-bond acceptors (Lipinski definition) is 0. The molecule has 0 bridgehead atoms. The molecule has 6 aromatic heterocycles. The third-order valence-corrected chi connectivity index (χ3v) is 18.3. The molecule has 0 unspecified atom stereocenters. The van der Waals surface area contributed by atoms with Crippen molar-refractivity contribution in [1.82, 2.24) is 0 Å². The Labute approximate surface area is 571 Å². The fraction of sp³-hybridized carbons (Fsp3) is 0.258. The highest BCUT2D eigenvalue weighted by molar-refractivity contribution is 5.67. The zero-order valence-electron chi connectivity index (χ0n) is 61.5. The number of pyridine rings is 6. The van der Waals surface area contributed by atoms with Crippen LogP contribution in [0.3, 0.4) is 0 Å². The Bertz CT molecular complexity index is 4590. The molecule has 6 aromatic carbocycles. The van der Waals surface area contributed by atoms with Gasteiger partial charge < -0.3 is 0 Å². The first-order chi connectivity index (χ1) is 45.1. The predicted molar refractivity (Wildman–Crippen MR) is 399 cm³/mol. The summed E-state index contributed by atoms with van der Waals surface area (Å²) < 4.78 is 13.2. The zero-order chi connectivity index (χ0) is 69.4. The number of aromatic nitrogens is 6. The Kier molecular flexibility index (Phi) is 25.5. The Morgan fingerprint density at radius 1 is 0.211 bits per heavy atom. The molecule has 95 heavy (non-hydrogen) atoms. The summed E-state index contributed by atoms with van der Waals surface area (Å²) in [4.78, 5) is 0. The summed E-state index contributed by atoms with van der Waals surface area (Å²) in [5.41, 5.74) is 38.0. The van der Waals surface area contributed by atoms with Crippen molar-refractivity contribution in [2.24, 2.45) is 42.3 Å². The van der Waals surface area contributed by atoms with Crippen molar-refractivity contribution < 1.29 is 27.4 Å². The number of nitrogens with zero attached hydrogens (tertiary/aromatic N) is 6. The quantitative estimate of drug-likeness (QED) is 0.148. The summed E-state index contributed by atoms with van der Waals surface area (Å²) in [5.74, 6) is 0. The molecule has 6 heteroatoms. The molecule has 12 aromatic rings. The van der Waals surface area contributed by atoms with Crippen LogP contribution in [0.1, 0.15) is 94.8 Å². The molecule has 0 fully saturated rings. The summed E-state index contributed by atoms with van der Waals surface area (Å²) >= 11 is 0. The molecule has 0 saturated heterocycles. The van der Waals surface area contributed by atoms with E-state index in [-0.39, 0.29) is 0 Å². The fourth-order valence-electron chi connectivity index (χ4n) is 12.3. The smallest absolute Gasteiger partial charge is 0.201 e. The van der Waals surface area contributed by atoms with Gasteiger partial charge >= 0.3 is 0 Å². The van der Waals surface area contributed by atoms with Crippen molar-refractivity contribution >= 4 is 0 Å². The second-order valence-electron chi connectivity index (χ2n) is 26.2. The number of aryl methyl sites for hydroxylation is 20. The van der Waals surface area contributed by atoms with Gasteiger partial charge in [-0.2, -0.15) is 9.13 Å². The first-order valence-corrected chi connectivity index (χ1v) is 33.3. The minimum absolute atomic E-state index is 1.26. The summed E-state index contributed by atoms with van der Waals surface area (Å²) in [6.07, 6.45) is 8.56. The van der Waals surface area contributed by atoms with E-state index in [1.807, 2.05) is 6.07 Å². The van der Waals surface area contributed by atoms with E-state index in [1.54, 1.807) is 0 Å². The minimum atomic E-state index is 1.26. The van der Waals surface area contributed by atoms with Crippen LogP contribution in [0.5, 0.6) is 0 Å². The molecular weight excluding hydrogens is 1150 g/mol. The van der Waals surface area contributed by atoms with Crippen molar-refractivity contribution in [1.29, 1.82) is 0 Å². The second kappa shape index (κ2) is 33.4. The van der Waals surface area contributed by atoms with Crippen LogP contribution >= 0.6 is 0 Å². The van der Waals surface area contributed by atoms with Crippen molar-refractivity contribution in [3.63, 3.8) is 0 Å². The molecule has 486 valence electrons. The zero-order valence-corrected chi connectivity index (χ0v) is 61.5. The van der Waals surface area contributed by atoms with Crippen LogP contribution in [0.4, 0.5) is 0 Å². The van der Waals surface area contributed by atoms with Gasteiger partial charge in [0, 0.05) is 119 Å². The standard InChI is InChI=1S/5C15H18N.C14H16N/c1-11-5-7-14(13(3)9-11)15-8-6-12(2)10-16(15)4;1-11-8-9-14(12(2)10-11)15-7-5-6-13(3)16(15)4;1-11-9-13(3)16(4)15(10-11)14-8-6-5-7-12(14)2;1-11-7-5-6-8-14(11)15-9-12(2)13(3)10-16(15)4;1-11-9-10-16(4)15(13(11)3)14-8-6-5-7-12(14)2;1-11-7-8-13(12(2)10-11)14-6-4-5-9-15(14)3/h5*5-10H,1-4H3;4-10H,1-3H3/q6*+1. The molecular formula is C89H106N6+6. The third kappa shape index (κ3) is 19.0.